The average molecular weight is 246 g/mol. The highest BCUT2D eigenvalue weighted by molar-refractivity contribution is 4.74. The molecule has 0 aromatic heterocycles. The van der Waals surface area contributed by atoms with Crippen LogP contribution in [0, 0.1) is 11.3 Å². The standard InChI is InChI=1S/C11H26N2.2C2H6/c1-6-12-7-8-13-9-11(4,5)10(2)3;2*1-2/h10,12-13H,6-9H2,1-5H3;2*1-2H3. The van der Waals surface area contributed by atoms with E-state index in [4.69, 9.17) is 0 Å². The molecule has 0 unspecified atom stereocenters. The molecule has 2 heteroatoms. The molecule has 0 atom stereocenters. The lowest BCUT2D eigenvalue weighted by Crippen LogP contribution is -2.36. The minimum Gasteiger partial charge on any atom is -0.316 e. The molecule has 0 amide bonds. The third kappa shape index (κ3) is 15.9. The Bertz CT molecular complexity index is 120. The zero-order chi connectivity index (χ0) is 14.3. The Kier molecular flexibility index (Phi) is 20.7. The van der Waals surface area contributed by atoms with Crippen LogP contribution in [0.15, 0.2) is 0 Å². The van der Waals surface area contributed by atoms with Crippen molar-refractivity contribution in [3.8, 4) is 0 Å². The molecule has 17 heavy (non-hydrogen) atoms. The Labute approximate surface area is 111 Å². The van der Waals surface area contributed by atoms with Gasteiger partial charge < -0.3 is 10.6 Å². The van der Waals surface area contributed by atoms with Crippen LogP contribution >= 0.6 is 0 Å². The largest absolute Gasteiger partial charge is 0.316 e. The fourth-order valence-corrected chi connectivity index (χ4v) is 0.968. The van der Waals surface area contributed by atoms with Crippen molar-refractivity contribution in [1.82, 2.24) is 10.6 Å². The summed E-state index contributed by atoms with van der Waals surface area (Å²) in [5.74, 6) is 0.735. The maximum absolute atomic E-state index is 3.48. The van der Waals surface area contributed by atoms with Gasteiger partial charge in [-0.1, -0.05) is 62.3 Å². The van der Waals surface area contributed by atoms with Crippen LogP contribution in [-0.2, 0) is 0 Å². The summed E-state index contributed by atoms with van der Waals surface area (Å²) in [7, 11) is 0. The lowest BCUT2D eigenvalue weighted by molar-refractivity contribution is 0.239. The van der Waals surface area contributed by atoms with E-state index < -0.39 is 0 Å². The molecular formula is C15H38N2. The van der Waals surface area contributed by atoms with E-state index in [9.17, 15) is 0 Å². The van der Waals surface area contributed by atoms with Crippen LogP contribution in [-0.4, -0.2) is 26.2 Å². The maximum atomic E-state index is 3.48. The second kappa shape index (κ2) is 15.9. The lowest BCUT2D eigenvalue weighted by atomic mass is 9.81. The molecule has 108 valence electrons. The van der Waals surface area contributed by atoms with Gasteiger partial charge in [-0.25, -0.2) is 0 Å². The van der Waals surface area contributed by atoms with Crippen molar-refractivity contribution in [3.63, 3.8) is 0 Å². The van der Waals surface area contributed by atoms with E-state index in [2.05, 4.69) is 45.3 Å². The number of rotatable bonds is 7. The van der Waals surface area contributed by atoms with Gasteiger partial charge in [-0.05, 0) is 17.9 Å². The minimum atomic E-state index is 0.409. The van der Waals surface area contributed by atoms with E-state index in [1.165, 1.54) is 0 Å². The zero-order valence-electron chi connectivity index (χ0n) is 13.9. The molecule has 0 radical (unpaired) electrons. The predicted molar refractivity (Wildman–Crippen MR) is 82.7 cm³/mol. The topological polar surface area (TPSA) is 24.1 Å². The van der Waals surface area contributed by atoms with Crippen LogP contribution in [0.1, 0.15) is 62.3 Å². The predicted octanol–water partition coefficient (Wildman–Crippen LogP) is 3.92. The quantitative estimate of drug-likeness (QED) is 0.665. The highest BCUT2D eigenvalue weighted by Gasteiger charge is 2.21. The molecule has 0 saturated carbocycles. The molecule has 0 aliphatic heterocycles. The molecule has 0 fully saturated rings. The van der Waals surface area contributed by atoms with Gasteiger partial charge >= 0.3 is 0 Å². The van der Waals surface area contributed by atoms with Crippen molar-refractivity contribution in [2.45, 2.75) is 62.3 Å². The summed E-state index contributed by atoms with van der Waals surface area (Å²) in [6, 6.07) is 0. The molecule has 0 bridgehead atoms. The van der Waals surface area contributed by atoms with E-state index >= 15 is 0 Å². The molecule has 0 heterocycles. The molecule has 2 nitrogen and oxygen atoms in total. The van der Waals surface area contributed by atoms with E-state index in [0.717, 1.165) is 32.1 Å². The molecule has 0 aromatic rings. The fourth-order valence-electron chi connectivity index (χ4n) is 0.968. The Morgan fingerprint density at radius 2 is 1.29 bits per heavy atom. The monoisotopic (exact) mass is 246 g/mol. The van der Waals surface area contributed by atoms with Crippen LogP contribution in [0.2, 0.25) is 0 Å². The Morgan fingerprint density at radius 3 is 1.65 bits per heavy atom. The van der Waals surface area contributed by atoms with Gasteiger partial charge in [-0.2, -0.15) is 0 Å². The highest BCUT2D eigenvalue weighted by Crippen LogP contribution is 2.24. The number of hydrogen-bond donors (Lipinski definition) is 2. The highest BCUT2D eigenvalue weighted by atomic mass is 14.9. The first-order valence-electron chi connectivity index (χ1n) is 7.42. The Hall–Kier alpha value is -0.0800. The second-order valence-corrected chi connectivity index (χ2v) is 4.67. The van der Waals surface area contributed by atoms with Gasteiger partial charge in [-0.15, -0.1) is 0 Å². The summed E-state index contributed by atoms with van der Waals surface area (Å²) in [4.78, 5) is 0. The molecule has 0 saturated heterocycles. The summed E-state index contributed by atoms with van der Waals surface area (Å²) in [5.41, 5.74) is 0.409. The van der Waals surface area contributed by atoms with Gasteiger partial charge in [0.2, 0.25) is 0 Å². The van der Waals surface area contributed by atoms with Gasteiger partial charge in [0.05, 0.1) is 0 Å². The third-order valence-corrected chi connectivity index (χ3v) is 2.87. The van der Waals surface area contributed by atoms with Crippen LogP contribution in [0.3, 0.4) is 0 Å². The normalized spacial score (nSPS) is 10.2. The van der Waals surface area contributed by atoms with E-state index in [1.54, 1.807) is 0 Å². The summed E-state index contributed by atoms with van der Waals surface area (Å²) < 4.78 is 0. The first kappa shape index (κ1) is 22.1. The van der Waals surface area contributed by atoms with Gasteiger partial charge in [0.1, 0.15) is 0 Å². The van der Waals surface area contributed by atoms with E-state index in [-0.39, 0.29) is 0 Å². The number of nitrogens with one attached hydrogen (secondary N) is 2. The summed E-state index contributed by atoms with van der Waals surface area (Å²) in [6.07, 6.45) is 0. The van der Waals surface area contributed by atoms with Gasteiger partial charge in [0, 0.05) is 19.6 Å². The van der Waals surface area contributed by atoms with Crippen molar-refractivity contribution in [3.05, 3.63) is 0 Å². The summed E-state index contributed by atoms with van der Waals surface area (Å²) >= 11 is 0. The summed E-state index contributed by atoms with van der Waals surface area (Å²) in [5, 5.41) is 6.78. The van der Waals surface area contributed by atoms with Crippen molar-refractivity contribution < 1.29 is 0 Å². The SMILES string of the molecule is CC.CC.CCNCCNCC(C)(C)C(C)C. The van der Waals surface area contributed by atoms with Crippen molar-refractivity contribution in [1.29, 1.82) is 0 Å². The number of likely N-dealkylation sites (N-methyl/N-ethyl adjacent to an activating group) is 1. The van der Waals surface area contributed by atoms with Crippen LogP contribution in [0.4, 0.5) is 0 Å². The molecule has 0 aromatic carbocycles. The average Bonchev–Trinajstić information content (AvgIpc) is 2.33. The third-order valence-electron chi connectivity index (χ3n) is 2.87. The van der Waals surface area contributed by atoms with Gasteiger partial charge in [0.25, 0.3) is 0 Å². The fraction of sp³-hybridized carbons (Fsp3) is 1.00. The molecular weight excluding hydrogens is 208 g/mol. The van der Waals surface area contributed by atoms with E-state index in [1.807, 2.05) is 27.7 Å². The molecule has 0 aliphatic rings. The van der Waals surface area contributed by atoms with E-state index in [0.29, 0.717) is 5.41 Å². The molecule has 0 spiro atoms. The molecule has 0 rings (SSSR count). The van der Waals surface area contributed by atoms with Crippen molar-refractivity contribution >= 4 is 0 Å². The first-order chi connectivity index (χ1) is 8.00. The van der Waals surface area contributed by atoms with Crippen molar-refractivity contribution in [2.24, 2.45) is 11.3 Å². The van der Waals surface area contributed by atoms with Gasteiger partial charge in [-0.3, -0.25) is 0 Å². The Balaban J connectivity index is -0.000000439. The second-order valence-electron chi connectivity index (χ2n) is 4.67. The minimum absolute atomic E-state index is 0.409. The zero-order valence-corrected chi connectivity index (χ0v) is 13.9. The number of hydrogen-bond acceptors (Lipinski definition) is 2. The van der Waals surface area contributed by atoms with Crippen LogP contribution < -0.4 is 10.6 Å². The molecule has 2 N–H and O–H groups in total. The molecule has 0 aliphatic carbocycles. The van der Waals surface area contributed by atoms with Crippen LogP contribution in [0.25, 0.3) is 0 Å². The maximum Gasteiger partial charge on any atom is 0.00769 e. The van der Waals surface area contributed by atoms with Gasteiger partial charge in [0.15, 0.2) is 0 Å². The Morgan fingerprint density at radius 1 is 0.882 bits per heavy atom. The lowest BCUT2D eigenvalue weighted by Gasteiger charge is -2.29. The summed E-state index contributed by atoms with van der Waals surface area (Å²) in [6.45, 7) is 23.7. The van der Waals surface area contributed by atoms with Crippen molar-refractivity contribution in [2.75, 3.05) is 26.2 Å². The smallest absolute Gasteiger partial charge is 0.00769 e. The first-order valence-corrected chi connectivity index (χ1v) is 7.42. The van der Waals surface area contributed by atoms with Crippen LogP contribution in [0.5, 0.6) is 0 Å².